The summed E-state index contributed by atoms with van der Waals surface area (Å²) in [5.41, 5.74) is 0.713. The topological polar surface area (TPSA) is 26.3 Å². The van der Waals surface area contributed by atoms with Gasteiger partial charge in [-0.2, -0.15) is 0 Å². The molecule has 2 nitrogen and oxygen atoms in total. The summed E-state index contributed by atoms with van der Waals surface area (Å²) < 4.78 is 6.23. The average molecular weight is 260 g/mol. The second kappa shape index (κ2) is 2.48. The zero-order valence-electron chi connectivity index (χ0n) is 5.63. The van der Waals surface area contributed by atoms with Gasteiger partial charge in [-0.1, -0.05) is 0 Å². The van der Waals surface area contributed by atoms with Gasteiger partial charge in [0.2, 0.25) is 5.78 Å². The molecule has 0 aliphatic carbocycles. The van der Waals surface area contributed by atoms with Crippen molar-refractivity contribution < 1.29 is 9.53 Å². The predicted molar refractivity (Wildman–Crippen MR) is 49.0 cm³/mol. The predicted octanol–water partition coefficient (Wildman–Crippen LogP) is 1.87. The van der Waals surface area contributed by atoms with Crippen molar-refractivity contribution in [3.8, 4) is 5.75 Å². The molecule has 0 atom stereocenters. The lowest BCUT2D eigenvalue weighted by molar-refractivity contribution is 0.0961. The Morgan fingerprint density at radius 1 is 1.45 bits per heavy atom. The molecule has 56 valence electrons. The number of halogens is 1. The van der Waals surface area contributed by atoms with Crippen molar-refractivity contribution >= 4 is 28.4 Å². The fourth-order valence-electron chi connectivity index (χ4n) is 1.07. The highest BCUT2D eigenvalue weighted by Crippen LogP contribution is 2.26. The summed E-state index contributed by atoms with van der Waals surface area (Å²) in [5.74, 6) is 0.804. The summed E-state index contributed by atoms with van der Waals surface area (Å²) in [6.07, 6.45) is 0. The molecule has 0 N–H and O–H groups in total. The Balaban J connectivity index is 2.59. The first-order chi connectivity index (χ1) is 5.27. The standard InChI is InChI=1S/C8H5IO2/c9-5-1-2-6-7(10)4-11-8(6)3-5/h1-3H,4H2. The van der Waals surface area contributed by atoms with E-state index >= 15 is 0 Å². The molecule has 0 radical (unpaired) electrons. The van der Waals surface area contributed by atoms with Crippen molar-refractivity contribution in [3.63, 3.8) is 0 Å². The van der Waals surface area contributed by atoms with Gasteiger partial charge in [-0.15, -0.1) is 0 Å². The molecule has 1 aliphatic rings. The molecule has 3 heteroatoms. The molecular weight excluding hydrogens is 255 g/mol. The Morgan fingerprint density at radius 3 is 3.09 bits per heavy atom. The van der Waals surface area contributed by atoms with E-state index in [2.05, 4.69) is 22.6 Å². The van der Waals surface area contributed by atoms with Crippen LogP contribution in [0.15, 0.2) is 18.2 Å². The van der Waals surface area contributed by atoms with Crippen LogP contribution in [-0.4, -0.2) is 12.4 Å². The Hall–Kier alpha value is -0.580. The quantitative estimate of drug-likeness (QED) is 0.665. The van der Waals surface area contributed by atoms with Crippen LogP contribution in [0.2, 0.25) is 0 Å². The number of Topliss-reactive ketones (excluding diaryl/α,β-unsaturated/α-hetero) is 1. The van der Waals surface area contributed by atoms with Gasteiger partial charge in [-0.05, 0) is 40.8 Å². The Labute approximate surface area is 77.7 Å². The van der Waals surface area contributed by atoms with E-state index in [0.29, 0.717) is 5.56 Å². The third-order valence-electron chi connectivity index (χ3n) is 1.60. The summed E-state index contributed by atoms with van der Waals surface area (Å²) in [4.78, 5) is 11.0. The number of hydrogen-bond donors (Lipinski definition) is 0. The largest absolute Gasteiger partial charge is 0.485 e. The Bertz CT molecular complexity index is 320. The van der Waals surface area contributed by atoms with E-state index in [4.69, 9.17) is 4.74 Å². The molecule has 0 unspecified atom stereocenters. The van der Waals surface area contributed by atoms with E-state index in [1.807, 2.05) is 18.2 Å². The van der Waals surface area contributed by atoms with Crippen LogP contribution in [-0.2, 0) is 0 Å². The maximum absolute atomic E-state index is 11.0. The summed E-state index contributed by atoms with van der Waals surface area (Å²) in [6.45, 7) is 0.204. The van der Waals surface area contributed by atoms with Gasteiger partial charge in [0, 0.05) is 3.57 Å². The maximum Gasteiger partial charge on any atom is 0.203 e. The monoisotopic (exact) mass is 260 g/mol. The average Bonchev–Trinajstić information content (AvgIpc) is 2.32. The summed E-state index contributed by atoms with van der Waals surface area (Å²) >= 11 is 2.19. The molecule has 0 bridgehead atoms. The van der Waals surface area contributed by atoms with Crippen molar-refractivity contribution in [2.24, 2.45) is 0 Å². The van der Waals surface area contributed by atoms with Crippen LogP contribution in [0.25, 0.3) is 0 Å². The van der Waals surface area contributed by atoms with Crippen LogP contribution in [0.3, 0.4) is 0 Å². The molecule has 1 aliphatic heterocycles. The van der Waals surface area contributed by atoms with Crippen molar-refractivity contribution in [1.82, 2.24) is 0 Å². The van der Waals surface area contributed by atoms with Gasteiger partial charge in [0.25, 0.3) is 0 Å². The summed E-state index contributed by atoms with van der Waals surface area (Å²) in [5, 5.41) is 0. The smallest absolute Gasteiger partial charge is 0.203 e. The minimum Gasteiger partial charge on any atom is -0.485 e. The minimum atomic E-state index is 0.0800. The fourth-order valence-corrected chi connectivity index (χ4v) is 1.53. The number of hydrogen-bond acceptors (Lipinski definition) is 2. The van der Waals surface area contributed by atoms with Gasteiger partial charge in [0.1, 0.15) is 5.75 Å². The number of carbonyl (C=O) groups is 1. The number of carbonyl (C=O) groups excluding carboxylic acids is 1. The van der Waals surface area contributed by atoms with Crippen molar-refractivity contribution in [1.29, 1.82) is 0 Å². The van der Waals surface area contributed by atoms with E-state index in [9.17, 15) is 4.79 Å². The summed E-state index contributed by atoms with van der Waals surface area (Å²) in [7, 11) is 0. The van der Waals surface area contributed by atoms with Gasteiger partial charge in [-0.25, -0.2) is 0 Å². The van der Waals surface area contributed by atoms with Gasteiger partial charge < -0.3 is 4.74 Å². The third-order valence-corrected chi connectivity index (χ3v) is 2.27. The first-order valence-electron chi connectivity index (χ1n) is 3.23. The van der Waals surface area contributed by atoms with E-state index in [0.717, 1.165) is 9.32 Å². The van der Waals surface area contributed by atoms with Gasteiger partial charge in [0.15, 0.2) is 6.61 Å². The molecule has 0 fully saturated rings. The van der Waals surface area contributed by atoms with E-state index in [-0.39, 0.29) is 12.4 Å². The Kier molecular flexibility index (Phi) is 1.60. The van der Waals surface area contributed by atoms with Gasteiger partial charge in [-0.3, -0.25) is 4.79 Å². The molecule has 0 saturated carbocycles. The van der Waals surface area contributed by atoms with Crippen LogP contribution < -0.4 is 4.74 Å². The lowest BCUT2D eigenvalue weighted by Gasteiger charge is -1.95. The normalized spacial score (nSPS) is 14.5. The molecule has 1 aromatic rings. The lowest BCUT2D eigenvalue weighted by atomic mass is 10.2. The fraction of sp³-hybridized carbons (Fsp3) is 0.125. The maximum atomic E-state index is 11.0. The van der Waals surface area contributed by atoms with E-state index < -0.39 is 0 Å². The van der Waals surface area contributed by atoms with Crippen LogP contribution in [0.5, 0.6) is 5.75 Å². The van der Waals surface area contributed by atoms with Crippen molar-refractivity contribution in [3.05, 3.63) is 27.3 Å². The molecular formula is C8H5IO2. The second-order valence-corrected chi connectivity index (χ2v) is 3.60. The first-order valence-corrected chi connectivity index (χ1v) is 4.31. The molecule has 0 amide bonds. The molecule has 0 aromatic heterocycles. The second-order valence-electron chi connectivity index (χ2n) is 2.35. The van der Waals surface area contributed by atoms with Crippen molar-refractivity contribution in [2.75, 3.05) is 6.61 Å². The van der Waals surface area contributed by atoms with Crippen LogP contribution in [0.1, 0.15) is 10.4 Å². The molecule has 11 heavy (non-hydrogen) atoms. The highest BCUT2D eigenvalue weighted by molar-refractivity contribution is 14.1. The van der Waals surface area contributed by atoms with Crippen molar-refractivity contribution in [2.45, 2.75) is 0 Å². The van der Waals surface area contributed by atoms with Crippen LogP contribution >= 0.6 is 22.6 Å². The number of rotatable bonds is 0. The van der Waals surface area contributed by atoms with Crippen LogP contribution in [0.4, 0.5) is 0 Å². The number of ether oxygens (including phenoxy) is 1. The zero-order valence-corrected chi connectivity index (χ0v) is 7.79. The van der Waals surface area contributed by atoms with Crippen LogP contribution in [0, 0.1) is 3.57 Å². The molecule has 1 heterocycles. The SMILES string of the molecule is O=C1COc2cc(I)ccc21. The Morgan fingerprint density at radius 2 is 2.27 bits per heavy atom. The highest BCUT2D eigenvalue weighted by Gasteiger charge is 2.20. The molecule has 0 saturated heterocycles. The molecule has 2 rings (SSSR count). The van der Waals surface area contributed by atoms with E-state index in [1.54, 1.807) is 0 Å². The zero-order chi connectivity index (χ0) is 7.84. The van der Waals surface area contributed by atoms with E-state index in [1.165, 1.54) is 0 Å². The number of benzene rings is 1. The number of fused-ring (bicyclic) bond motifs is 1. The first kappa shape index (κ1) is 7.09. The molecule has 0 spiro atoms. The van der Waals surface area contributed by atoms with Gasteiger partial charge >= 0.3 is 0 Å². The molecule has 1 aromatic carbocycles. The highest BCUT2D eigenvalue weighted by atomic mass is 127. The lowest BCUT2D eigenvalue weighted by Crippen LogP contribution is -1.98. The van der Waals surface area contributed by atoms with Gasteiger partial charge in [0.05, 0.1) is 5.56 Å². The number of ketones is 1. The minimum absolute atomic E-state index is 0.0800. The third kappa shape index (κ3) is 1.13. The summed E-state index contributed by atoms with van der Waals surface area (Å²) in [6, 6.07) is 5.60.